The predicted molar refractivity (Wildman–Crippen MR) is 66.7 cm³/mol. The lowest BCUT2D eigenvalue weighted by Gasteiger charge is -2.29. The van der Waals surface area contributed by atoms with Crippen LogP contribution in [-0.4, -0.2) is 33.9 Å². The topological polar surface area (TPSA) is 54.8 Å². The molecule has 1 saturated heterocycles. The zero-order valence-corrected chi connectivity index (χ0v) is 9.72. The summed E-state index contributed by atoms with van der Waals surface area (Å²) in [4.78, 5) is 0. The van der Waals surface area contributed by atoms with Crippen LogP contribution in [0.25, 0.3) is 11.4 Å². The summed E-state index contributed by atoms with van der Waals surface area (Å²) < 4.78 is 1.93. The molecule has 88 valence electrons. The van der Waals surface area contributed by atoms with Crippen molar-refractivity contribution in [3.8, 4) is 11.4 Å². The van der Waals surface area contributed by atoms with Crippen LogP contribution in [-0.2, 0) is 7.05 Å². The molecule has 0 aliphatic carbocycles. The van der Waals surface area contributed by atoms with Gasteiger partial charge in [0, 0.05) is 31.4 Å². The lowest BCUT2D eigenvalue weighted by Crippen LogP contribution is -2.51. The zero-order valence-electron chi connectivity index (χ0n) is 9.72. The number of hydrogen-bond acceptors (Lipinski definition) is 4. The second-order valence-corrected chi connectivity index (χ2v) is 4.31. The van der Waals surface area contributed by atoms with Gasteiger partial charge in [-0.25, -0.2) is 0 Å². The molecular formula is C12H15N5. The van der Waals surface area contributed by atoms with Crippen LogP contribution in [0.3, 0.4) is 0 Å². The molecule has 0 unspecified atom stereocenters. The fourth-order valence-corrected chi connectivity index (χ4v) is 1.94. The largest absolute Gasteiger partial charge is 0.379 e. The summed E-state index contributed by atoms with van der Waals surface area (Å²) in [6.07, 6.45) is 1.72. The Hall–Kier alpha value is -1.88. The lowest BCUT2D eigenvalue weighted by atomic mass is 10.1. The first-order valence-electron chi connectivity index (χ1n) is 5.75. The second kappa shape index (κ2) is 4.18. The van der Waals surface area contributed by atoms with E-state index in [1.54, 1.807) is 6.33 Å². The maximum absolute atomic E-state index is 4.16. The minimum atomic E-state index is 0.518. The Kier molecular flexibility index (Phi) is 2.53. The standard InChI is InChI=1S/C12H15N5/c1-17-8-14-16-12(17)10-4-2-3-5-11(10)15-9-6-13-7-9/h2-5,8-9,13,15H,6-7H2,1H3. The smallest absolute Gasteiger partial charge is 0.165 e. The summed E-state index contributed by atoms with van der Waals surface area (Å²) >= 11 is 0. The number of aromatic nitrogens is 3. The van der Waals surface area contributed by atoms with Crippen LogP contribution in [0.4, 0.5) is 5.69 Å². The van der Waals surface area contributed by atoms with Crippen molar-refractivity contribution < 1.29 is 0 Å². The lowest BCUT2D eigenvalue weighted by molar-refractivity contribution is 0.472. The molecule has 1 aliphatic heterocycles. The molecule has 5 nitrogen and oxygen atoms in total. The Morgan fingerprint density at radius 1 is 1.35 bits per heavy atom. The highest BCUT2D eigenvalue weighted by molar-refractivity contribution is 5.73. The van der Waals surface area contributed by atoms with E-state index in [1.807, 2.05) is 23.7 Å². The summed E-state index contributed by atoms with van der Waals surface area (Å²) in [5, 5.41) is 14.9. The maximum atomic E-state index is 4.16. The Morgan fingerprint density at radius 3 is 2.82 bits per heavy atom. The van der Waals surface area contributed by atoms with Crippen molar-refractivity contribution in [3.05, 3.63) is 30.6 Å². The third kappa shape index (κ3) is 1.89. The quantitative estimate of drug-likeness (QED) is 0.820. The summed E-state index contributed by atoms with van der Waals surface area (Å²) in [6, 6.07) is 8.73. The molecule has 0 radical (unpaired) electrons. The molecule has 0 saturated carbocycles. The molecule has 2 N–H and O–H groups in total. The number of nitrogens with zero attached hydrogens (tertiary/aromatic N) is 3. The summed E-state index contributed by atoms with van der Waals surface area (Å²) in [6.45, 7) is 2.04. The minimum Gasteiger partial charge on any atom is -0.379 e. The van der Waals surface area contributed by atoms with E-state index in [-0.39, 0.29) is 0 Å². The number of benzene rings is 1. The van der Waals surface area contributed by atoms with Gasteiger partial charge < -0.3 is 15.2 Å². The third-order valence-electron chi connectivity index (χ3n) is 3.02. The first-order chi connectivity index (χ1) is 8.34. The van der Waals surface area contributed by atoms with E-state index >= 15 is 0 Å². The predicted octanol–water partition coefficient (Wildman–Crippen LogP) is 0.866. The number of hydrogen-bond donors (Lipinski definition) is 2. The minimum absolute atomic E-state index is 0.518. The van der Waals surface area contributed by atoms with Crippen molar-refractivity contribution >= 4 is 5.69 Å². The van der Waals surface area contributed by atoms with E-state index in [4.69, 9.17) is 0 Å². The highest BCUT2D eigenvalue weighted by Crippen LogP contribution is 2.26. The fourth-order valence-electron chi connectivity index (χ4n) is 1.94. The normalized spacial score (nSPS) is 15.6. The average molecular weight is 229 g/mol. The first kappa shape index (κ1) is 10.3. The molecule has 0 amide bonds. The Bertz CT molecular complexity index is 515. The van der Waals surface area contributed by atoms with E-state index in [0.717, 1.165) is 30.2 Å². The zero-order chi connectivity index (χ0) is 11.7. The van der Waals surface area contributed by atoms with Crippen LogP contribution in [0.5, 0.6) is 0 Å². The van der Waals surface area contributed by atoms with Gasteiger partial charge in [-0.3, -0.25) is 0 Å². The van der Waals surface area contributed by atoms with Crippen LogP contribution in [0.1, 0.15) is 0 Å². The number of rotatable bonds is 3. The summed E-state index contributed by atoms with van der Waals surface area (Å²) in [5.74, 6) is 0.889. The van der Waals surface area contributed by atoms with Crippen LogP contribution in [0.2, 0.25) is 0 Å². The molecule has 3 rings (SSSR count). The van der Waals surface area contributed by atoms with Crippen LogP contribution in [0, 0.1) is 0 Å². The monoisotopic (exact) mass is 229 g/mol. The third-order valence-corrected chi connectivity index (χ3v) is 3.02. The molecule has 1 aromatic heterocycles. The molecular weight excluding hydrogens is 214 g/mol. The van der Waals surface area contributed by atoms with E-state index in [9.17, 15) is 0 Å². The maximum Gasteiger partial charge on any atom is 0.165 e. The molecule has 1 fully saturated rings. The summed E-state index contributed by atoms with van der Waals surface area (Å²) in [7, 11) is 1.96. The Balaban J connectivity index is 1.95. The highest BCUT2D eigenvalue weighted by Gasteiger charge is 2.18. The van der Waals surface area contributed by atoms with Crippen molar-refractivity contribution in [2.75, 3.05) is 18.4 Å². The number of aryl methyl sites for hydroxylation is 1. The molecule has 17 heavy (non-hydrogen) atoms. The van der Waals surface area contributed by atoms with Gasteiger partial charge in [0.2, 0.25) is 0 Å². The first-order valence-corrected chi connectivity index (χ1v) is 5.75. The van der Waals surface area contributed by atoms with Crippen LogP contribution < -0.4 is 10.6 Å². The molecule has 0 atom stereocenters. The molecule has 2 aromatic rings. The van der Waals surface area contributed by atoms with Crippen molar-refractivity contribution in [1.29, 1.82) is 0 Å². The van der Waals surface area contributed by atoms with Gasteiger partial charge in [0.05, 0.1) is 6.04 Å². The van der Waals surface area contributed by atoms with E-state index in [2.05, 4.69) is 33.0 Å². The second-order valence-electron chi connectivity index (χ2n) is 4.31. The van der Waals surface area contributed by atoms with Gasteiger partial charge in [0.1, 0.15) is 6.33 Å². The van der Waals surface area contributed by atoms with E-state index < -0.39 is 0 Å². The van der Waals surface area contributed by atoms with Crippen LogP contribution in [0.15, 0.2) is 30.6 Å². The Labute approximate surface area is 99.9 Å². The highest BCUT2D eigenvalue weighted by atomic mass is 15.2. The van der Waals surface area contributed by atoms with Crippen molar-refractivity contribution in [2.45, 2.75) is 6.04 Å². The van der Waals surface area contributed by atoms with Crippen LogP contribution >= 0.6 is 0 Å². The van der Waals surface area contributed by atoms with Gasteiger partial charge in [-0.1, -0.05) is 12.1 Å². The van der Waals surface area contributed by atoms with Crippen molar-refractivity contribution in [1.82, 2.24) is 20.1 Å². The van der Waals surface area contributed by atoms with Gasteiger partial charge in [-0.2, -0.15) is 0 Å². The molecule has 5 heteroatoms. The van der Waals surface area contributed by atoms with Gasteiger partial charge >= 0.3 is 0 Å². The molecule has 1 aromatic carbocycles. The van der Waals surface area contributed by atoms with Gasteiger partial charge in [-0.05, 0) is 12.1 Å². The van der Waals surface area contributed by atoms with Gasteiger partial charge in [0.25, 0.3) is 0 Å². The molecule has 0 bridgehead atoms. The average Bonchev–Trinajstić information content (AvgIpc) is 2.70. The number of anilines is 1. The number of para-hydroxylation sites is 1. The molecule has 1 aliphatic rings. The van der Waals surface area contributed by atoms with Crippen molar-refractivity contribution in [3.63, 3.8) is 0 Å². The van der Waals surface area contributed by atoms with E-state index in [1.165, 1.54) is 0 Å². The summed E-state index contributed by atoms with van der Waals surface area (Å²) in [5.41, 5.74) is 2.22. The fraction of sp³-hybridized carbons (Fsp3) is 0.333. The molecule has 2 heterocycles. The van der Waals surface area contributed by atoms with E-state index in [0.29, 0.717) is 6.04 Å². The van der Waals surface area contributed by atoms with Gasteiger partial charge in [-0.15, -0.1) is 10.2 Å². The van der Waals surface area contributed by atoms with Gasteiger partial charge in [0.15, 0.2) is 5.82 Å². The van der Waals surface area contributed by atoms with Crippen molar-refractivity contribution in [2.24, 2.45) is 7.05 Å². The molecule has 0 spiro atoms. The number of nitrogens with one attached hydrogen (secondary N) is 2. The SMILES string of the molecule is Cn1cnnc1-c1ccccc1NC1CNC1. The Morgan fingerprint density at radius 2 is 2.18 bits per heavy atom.